The molecular weight excluding hydrogens is 457 g/mol. The first-order chi connectivity index (χ1) is 16.8. The number of benzene rings is 1. The summed E-state index contributed by atoms with van der Waals surface area (Å²) in [7, 11) is 0. The Morgan fingerprint density at radius 1 is 1.37 bits per heavy atom. The van der Waals surface area contributed by atoms with Gasteiger partial charge >= 0.3 is 6.18 Å². The number of carbonyl (C=O) groups excluding carboxylic acids is 1. The largest absolute Gasteiger partial charge is 0.417 e. The maximum Gasteiger partial charge on any atom is 0.417 e. The van der Waals surface area contributed by atoms with Gasteiger partial charge in [-0.05, 0) is 44.5 Å². The summed E-state index contributed by atoms with van der Waals surface area (Å²) in [6.07, 6.45) is 4.17. The molecule has 2 atom stereocenters. The van der Waals surface area contributed by atoms with Crippen molar-refractivity contribution < 1.29 is 18.0 Å². The Bertz CT molecular complexity index is 1180. The zero-order valence-corrected chi connectivity index (χ0v) is 19.4. The summed E-state index contributed by atoms with van der Waals surface area (Å²) in [5, 5.41) is 11.2. The van der Waals surface area contributed by atoms with Gasteiger partial charge in [0, 0.05) is 42.4 Å². The molecule has 1 amide bonds. The normalized spacial score (nSPS) is 19.3. The van der Waals surface area contributed by atoms with Gasteiger partial charge in [0.25, 0.3) is 0 Å². The molecule has 35 heavy (non-hydrogen) atoms. The lowest BCUT2D eigenvalue weighted by atomic mass is 9.91. The Kier molecular flexibility index (Phi) is 7.28. The lowest BCUT2D eigenvalue weighted by molar-refractivity contribution is -0.117. The minimum atomic E-state index is -4.48. The van der Waals surface area contributed by atoms with Crippen molar-refractivity contribution in [1.29, 1.82) is 0 Å². The quantitative estimate of drug-likeness (QED) is 0.413. The van der Waals surface area contributed by atoms with Crippen LogP contribution in [0.2, 0.25) is 0 Å². The molecule has 0 spiro atoms. The third-order valence-electron chi connectivity index (χ3n) is 6.28. The topological polar surface area (TPSA) is 84.5 Å². The van der Waals surface area contributed by atoms with E-state index in [0.717, 1.165) is 36.5 Å². The van der Waals surface area contributed by atoms with E-state index in [1.807, 2.05) is 18.2 Å². The molecule has 0 radical (unpaired) electrons. The Morgan fingerprint density at radius 3 is 2.86 bits per heavy atom. The Balaban J connectivity index is 1.46. The molecule has 1 aromatic heterocycles. The van der Waals surface area contributed by atoms with Crippen LogP contribution >= 0.6 is 0 Å². The number of aromatic nitrogens is 3. The number of alkyl halides is 3. The highest BCUT2D eigenvalue weighted by Crippen LogP contribution is 2.35. The molecule has 1 aromatic carbocycles. The fourth-order valence-electron chi connectivity index (χ4n) is 4.13. The van der Waals surface area contributed by atoms with Gasteiger partial charge in [0.1, 0.15) is 12.4 Å². The number of halogens is 3. The molecule has 184 valence electrons. The Labute approximate surface area is 201 Å². The molecule has 2 heterocycles. The summed E-state index contributed by atoms with van der Waals surface area (Å²) < 4.78 is 41.3. The fourth-order valence-corrected chi connectivity index (χ4v) is 4.13. The molecule has 1 aliphatic heterocycles. The van der Waals surface area contributed by atoms with Gasteiger partial charge in [-0.2, -0.15) is 13.2 Å². The summed E-state index contributed by atoms with van der Waals surface area (Å²) in [5.41, 5.74) is 1.06. The van der Waals surface area contributed by atoms with E-state index < -0.39 is 23.7 Å². The van der Waals surface area contributed by atoms with Crippen LogP contribution in [0.1, 0.15) is 38.6 Å². The zero-order chi connectivity index (χ0) is 25.0. The second-order valence-corrected chi connectivity index (χ2v) is 8.72. The van der Waals surface area contributed by atoms with Gasteiger partial charge in [0.15, 0.2) is 5.82 Å². The van der Waals surface area contributed by atoms with Crippen molar-refractivity contribution in [3.8, 4) is 11.4 Å². The molecule has 1 fully saturated rings. The highest BCUT2D eigenvalue weighted by Gasteiger charge is 2.35. The van der Waals surface area contributed by atoms with Gasteiger partial charge in [-0.15, -0.1) is 10.2 Å². The first-order valence-electron chi connectivity index (χ1n) is 11.5. The fraction of sp³-hybridized carbons (Fsp3) is 0.400. The van der Waals surface area contributed by atoms with Crippen molar-refractivity contribution in [2.24, 2.45) is 15.9 Å². The summed E-state index contributed by atoms with van der Waals surface area (Å²) in [5.74, 6) is -0.242. The predicted octanol–water partition coefficient (Wildman–Crippen LogP) is 5.20. The number of anilines is 1. The molecule has 7 nitrogen and oxygen atoms in total. The van der Waals surface area contributed by atoms with E-state index >= 15 is 0 Å². The smallest absolute Gasteiger partial charge is 0.324 e. The highest BCUT2D eigenvalue weighted by atomic mass is 19.4. The number of amides is 1. The van der Waals surface area contributed by atoms with Crippen LogP contribution in [0.3, 0.4) is 0 Å². The number of rotatable bonds is 8. The van der Waals surface area contributed by atoms with Gasteiger partial charge < -0.3 is 9.88 Å². The van der Waals surface area contributed by atoms with E-state index in [9.17, 15) is 18.0 Å². The molecule has 1 aliphatic carbocycles. The monoisotopic (exact) mass is 484 g/mol. The third kappa shape index (κ3) is 5.75. The summed E-state index contributed by atoms with van der Waals surface area (Å²) >= 11 is 0. The number of allylic oxidation sites excluding steroid dienone is 1. The van der Waals surface area contributed by atoms with Gasteiger partial charge in [0.2, 0.25) is 5.91 Å². The van der Waals surface area contributed by atoms with E-state index in [2.05, 4.69) is 36.6 Å². The zero-order valence-electron chi connectivity index (χ0n) is 19.4. The highest BCUT2D eigenvalue weighted by molar-refractivity contribution is 5.96. The maximum atomic E-state index is 13.1. The molecule has 0 bridgehead atoms. The van der Waals surface area contributed by atoms with E-state index in [4.69, 9.17) is 0 Å². The van der Waals surface area contributed by atoms with Crippen LogP contribution in [0.4, 0.5) is 18.9 Å². The van der Waals surface area contributed by atoms with Crippen LogP contribution in [-0.4, -0.2) is 51.9 Å². The predicted molar refractivity (Wildman–Crippen MR) is 130 cm³/mol. The second-order valence-electron chi connectivity index (χ2n) is 8.72. The van der Waals surface area contributed by atoms with Crippen molar-refractivity contribution in [3.05, 3.63) is 54.4 Å². The van der Waals surface area contributed by atoms with Crippen molar-refractivity contribution in [1.82, 2.24) is 14.8 Å². The minimum absolute atomic E-state index is 0.105. The lowest BCUT2D eigenvalue weighted by Gasteiger charge is -2.27. The molecule has 4 rings (SSSR count). The van der Waals surface area contributed by atoms with Crippen LogP contribution in [0, 0.1) is 5.92 Å². The summed E-state index contributed by atoms with van der Waals surface area (Å²) in [6, 6.07) is 6.89. The number of hydrogen-bond acceptors (Lipinski definition) is 5. The van der Waals surface area contributed by atoms with Crippen LogP contribution in [-0.2, 0) is 4.79 Å². The molecule has 2 aromatic rings. The van der Waals surface area contributed by atoms with Gasteiger partial charge in [-0.25, -0.2) is 0 Å². The van der Waals surface area contributed by atoms with E-state index in [1.54, 1.807) is 19.3 Å². The van der Waals surface area contributed by atoms with E-state index in [-0.39, 0.29) is 18.9 Å². The van der Waals surface area contributed by atoms with Gasteiger partial charge in [-0.1, -0.05) is 30.4 Å². The van der Waals surface area contributed by atoms with E-state index in [1.165, 1.54) is 12.6 Å². The SMILES string of the molecule is C=C(CC(/N=C\C)C(=O)Nc1cccc(-c2nncn2C2CCC2)c1)C1C=C(C(F)(F)F)C=NC1. The average molecular weight is 485 g/mol. The second kappa shape index (κ2) is 10.4. The summed E-state index contributed by atoms with van der Waals surface area (Å²) in [4.78, 5) is 21.1. The van der Waals surface area contributed by atoms with Crippen LogP contribution < -0.4 is 5.32 Å². The number of carbonyl (C=O) groups is 1. The van der Waals surface area contributed by atoms with Crippen molar-refractivity contribution in [2.75, 3.05) is 11.9 Å². The number of nitrogens with one attached hydrogen (secondary N) is 1. The standard InChI is InChI=1S/C25H27F3N6O/c1-3-30-22(10-16(2)18-11-19(14-29-13-18)25(26,27)28)24(35)32-20-7-4-6-17(12-20)23-33-31-15-34(23)21-8-5-9-21/h3-4,6-7,11-12,14-15,18,21-22H,2,5,8-10,13H2,1H3,(H,32,35)/b30-3-. The van der Waals surface area contributed by atoms with Crippen LogP contribution in [0.25, 0.3) is 11.4 Å². The number of nitrogens with zero attached hydrogens (tertiary/aromatic N) is 5. The van der Waals surface area contributed by atoms with Gasteiger partial charge in [-0.3, -0.25) is 14.8 Å². The first-order valence-corrected chi connectivity index (χ1v) is 11.5. The number of hydrogen-bond donors (Lipinski definition) is 1. The number of aliphatic imine (C=N–C) groups is 2. The molecule has 1 N–H and O–H groups in total. The van der Waals surface area contributed by atoms with Crippen molar-refractivity contribution in [2.45, 2.75) is 50.9 Å². The minimum Gasteiger partial charge on any atom is -0.324 e. The molecule has 2 unspecified atom stereocenters. The Morgan fingerprint density at radius 2 is 2.17 bits per heavy atom. The molecular formula is C25H27F3N6O. The molecule has 2 aliphatic rings. The lowest BCUT2D eigenvalue weighted by Crippen LogP contribution is -2.28. The number of dihydropyridines is 1. The van der Waals surface area contributed by atoms with Gasteiger partial charge in [0.05, 0.1) is 5.57 Å². The Hall–Kier alpha value is -3.56. The molecule has 1 saturated carbocycles. The summed E-state index contributed by atoms with van der Waals surface area (Å²) in [6.45, 7) is 5.78. The van der Waals surface area contributed by atoms with E-state index in [0.29, 0.717) is 17.3 Å². The first kappa shape index (κ1) is 24.6. The molecule has 10 heteroatoms. The average Bonchev–Trinajstić information content (AvgIpc) is 3.26. The van der Waals surface area contributed by atoms with Crippen molar-refractivity contribution in [3.63, 3.8) is 0 Å². The third-order valence-corrected chi connectivity index (χ3v) is 6.28. The molecule has 0 saturated heterocycles. The maximum absolute atomic E-state index is 13.1. The van der Waals surface area contributed by atoms with Crippen LogP contribution in [0.15, 0.2) is 64.4 Å². The van der Waals surface area contributed by atoms with Crippen LogP contribution in [0.5, 0.6) is 0 Å². The van der Waals surface area contributed by atoms with Crippen molar-refractivity contribution >= 4 is 24.0 Å².